The van der Waals surface area contributed by atoms with E-state index in [0.717, 1.165) is 11.1 Å². The minimum absolute atomic E-state index is 0.000559. The van der Waals surface area contributed by atoms with Crippen molar-refractivity contribution in [2.75, 3.05) is 26.4 Å². The molecule has 1 spiro atoms. The summed E-state index contributed by atoms with van der Waals surface area (Å²) in [5.74, 6) is -2.86. The van der Waals surface area contributed by atoms with Gasteiger partial charge in [-0.2, -0.15) is 0 Å². The summed E-state index contributed by atoms with van der Waals surface area (Å²) >= 11 is 0. The van der Waals surface area contributed by atoms with E-state index in [9.17, 15) is 24.3 Å². The lowest BCUT2D eigenvalue weighted by Gasteiger charge is -2.30. The van der Waals surface area contributed by atoms with Crippen molar-refractivity contribution in [1.29, 1.82) is 0 Å². The molecule has 0 bridgehead atoms. The van der Waals surface area contributed by atoms with Crippen LogP contribution in [-0.2, 0) is 50.9 Å². The van der Waals surface area contributed by atoms with Gasteiger partial charge in [-0.3, -0.25) is 14.4 Å². The van der Waals surface area contributed by atoms with E-state index in [-0.39, 0.29) is 57.6 Å². The van der Waals surface area contributed by atoms with Crippen molar-refractivity contribution in [3.8, 4) is 0 Å². The van der Waals surface area contributed by atoms with Crippen LogP contribution in [0.5, 0.6) is 0 Å². The van der Waals surface area contributed by atoms with Crippen molar-refractivity contribution in [2.45, 2.75) is 95.0 Å². The molecule has 1 heterocycles. The summed E-state index contributed by atoms with van der Waals surface area (Å²) in [6.45, 7) is 4.89. The van der Waals surface area contributed by atoms with Crippen LogP contribution in [0.1, 0.15) is 73.5 Å². The smallest absolute Gasteiger partial charge is 0.339 e. The van der Waals surface area contributed by atoms with Crippen molar-refractivity contribution >= 4 is 29.8 Å². The van der Waals surface area contributed by atoms with E-state index < -0.39 is 59.5 Å². The van der Waals surface area contributed by atoms with E-state index in [1.165, 1.54) is 6.26 Å². The quantitative estimate of drug-likeness (QED) is 0.121. The Morgan fingerprint density at radius 3 is 2.40 bits per heavy atom. The van der Waals surface area contributed by atoms with Crippen molar-refractivity contribution in [2.24, 2.45) is 0 Å². The highest BCUT2D eigenvalue weighted by atomic mass is 16.8. The number of hydrogen-bond acceptors (Lipinski definition) is 11. The Morgan fingerprint density at radius 1 is 1.00 bits per heavy atom. The predicted molar refractivity (Wildman–Crippen MR) is 188 cm³/mol. The average Bonchev–Trinajstić information content (AvgIpc) is 3.65. The van der Waals surface area contributed by atoms with Crippen LogP contribution in [0.4, 0.5) is 0 Å². The lowest BCUT2D eigenvalue weighted by atomic mass is 9.91. The second-order valence-electron chi connectivity index (χ2n) is 14.1. The maximum atomic E-state index is 13.6. The third-order valence-corrected chi connectivity index (χ3v) is 8.84. The normalized spacial score (nSPS) is 20.8. The molecule has 1 aliphatic heterocycles. The van der Waals surface area contributed by atoms with E-state index in [1.54, 1.807) is 57.2 Å². The third-order valence-electron chi connectivity index (χ3n) is 8.84. The number of carbonyl (C=O) groups is 4. The van der Waals surface area contributed by atoms with E-state index in [2.05, 4.69) is 10.6 Å². The largest absolute Gasteiger partial charge is 0.499 e. The molecule has 2 amide bonds. The Labute approximate surface area is 303 Å². The molecule has 5 rings (SSSR count). The fraction of sp³-hybridized carbons (Fsp3) is 0.487. The first-order valence-electron chi connectivity index (χ1n) is 17.6. The number of fused-ring (bicyclic) bond motifs is 2. The fourth-order valence-corrected chi connectivity index (χ4v) is 6.53. The molecule has 2 aliphatic carbocycles. The average molecular weight is 721 g/mol. The lowest BCUT2D eigenvalue weighted by Crippen LogP contribution is -2.44. The first kappa shape index (κ1) is 38.7. The number of aliphatic hydroxyl groups excluding tert-OH is 2. The molecule has 52 heavy (non-hydrogen) atoms. The van der Waals surface area contributed by atoms with Gasteiger partial charge in [0.2, 0.25) is 11.8 Å². The molecule has 4 unspecified atom stereocenters. The number of nitrogens with one attached hydrogen (secondary N) is 2. The van der Waals surface area contributed by atoms with Gasteiger partial charge < -0.3 is 44.5 Å². The molecule has 0 aromatic heterocycles. The maximum Gasteiger partial charge on any atom is 0.339 e. The minimum Gasteiger partial charge on any atom is -0.499 e. The summed E-state index contributed by atoms with van der Waals surface area (Å²) in [5, 5.41) is 24.2. The Bertz CT molecular complexity index is 1640. The first-order chi connectivity index (χ1) is 24.9. The molecule has 0 radical (unpaired) electrons. The monoisotopic (exact) mass is 720 g/mol. The van der Waals surface area contributed by atoms with Gasteiger partial charge in [0.05, 0.1) is 31.1 Å². The molecule has 280 valence electrons. The Morgan fingerprint density at radius 2 is 1.71 bits per heavy atom. The summed E-state index contributed by atoms with van der Waals surface area (Å²) in [4.78, 5) is 51.8. The van der Waals surface area contributed by atoms with Crippen LogP contribution in [-0.4, -0.2) is 96.1 Å². The van der Waals surface area contributed by atoms with Crippen LogP contribution in [0, 0.1) is 0 Å². The van der Waals surface area contributed by atoms with Gasteiger partial charge in [0, 0.05) is 44.2 Å². The molecule has 2 aromatic carbocycles. The summed E-state index contributed by atoms with van der Waals surface area (Å²) in [5.41, 5.74) is 2.73. The summed E-state index contributed by atoms with van der Waals surface area (Å²) in [6.07, 6.45) is 3.71. The molecule has 1 fully saturated rings. The standard InChI is InChI=1S/C39H48N2O11/c1-38(2,3)51-34(45)13-12-29(24-43)41-33(44)14-16-40-36(46)28-20-31(49-37(47)30-11-7-6-8-25(30)15-18-48-19-17-42)35-32(21-28)50-39(52-35)22-26-9-4-5-10-27(26)23-39/h4-11,15,18,21,29,31-32,35,42-43H,12-14,16-17,19-20,22-24H2,1-3H3,(H,40,46)(H,41,44). The summed E-state index contributed by atoms with van der Waals surface area (Å²) in [7, 11) is 0. The van der Waals surface area contributed by atoms with Crippen LogP contribution in [0.2, 0.25) is 0 Å². The van der Waals surface area contributed by atoms with Crippen molar-refractivity contribution < 1.29 is 53.1 Å². The van der Waals surface area contributed by atoms with Crippen LogP contribution in [0.25, 0.3) is 6.08 Å². The number of rotatable bonds is 15. The van der Waals surface area contributed by atoms with E-state index in [4.69, 9.17) is 28.8 Å². The molecule has 4 N–H and O–H groups in total. The van der Waals surface area contributed by atoms with Crippen LogP contribution < -0.4 is 10.6 Å². The van der Waals surface area contributed by atoms with Crippen LogP contribution in [0.3, 0.4) is 0 Å². The van der Waals surface area contributed by atoms with Crippen LogP contribution in [0.15, 0.2) is 66.4 Å². The zero-order chi connectivity index (χ0) is 37.3. The number of amides is 2. The lowest BCUT2D eigenvalue weighted by molar-refractivity contribution is -0.172. The second-order valence-corrected chi connectivity index (χ2v) is 14.1. The van der Waals surface area contributed by atoms with Crippen molar-refractivity contribution in [1.82, 2.24) is 10.6 Å². The molecule has 0 saturated carbocycles. The number of aliphatic hydroxyl groups is 2. The molecule has 2 aromatic rings. The van der Waals surface area contributed by atoms with E-state index in [0.29, 0.717) is 24.0 Å². The number of hydrogen-bond donors (Lipinski definition) is 4. The Hall–Kier alpha value is -4.56. The number of esters is 2. The van der Waals surface area contributed by atoms with E-state index >= 15 is 0 Å². The number of carbonyl (C=O) groups excluding carboxylic acids is 4. The first-order valence-corrected chi connectivity index (χ1v) is 17.6. The van der Waals surface area contributed by atoms with Gasteiger partial charge >= 0.3 is 11.9 Å². The van der Waals surface area contributed by atoms with Gasteiger partial charge in [-0.25, -0.2) is 4.79 Å². The molecular weight excluding hydrogens is 672 g/mol. The van der Waals surface area contributed by atoms with Gasteiger partial charge in [0.1, 0.15) is 30.5 Å². The fourth-order valence-electron chi connectivity index (χ4n) is 6.53. The third kappa shape index (κ3) is 10.3. The highest BCUT2D eigenvalue weighted by Crippen LogP contribution is 2.45. The van der Waals surface area contributed by atoms with Crippen molar-refractivity contribution in [3.63, 3.8) is 0 Å². The maximum absolute atomic E-state index is 13.6. The Balaban J connectivity index is 1.23. The van der Waals surface area contributed by atoms with Gasteiger partial charge in [0.15, 0.2) is 5.79 Å². The highest BCUT2D eigenvalue weighted by Gasteiger charge is 2.55. The van der Waals surface area contributed by atoms with Gasteiger partial charge in [-0.05, 0) is 62.1 Å². The van der Waals surface area contributed by atoms with Gasteiger partial charge in [0.25, 0.3) is 0 Å². The number of ether oxygens (including phenoxy) is 5. The number of benzene rings is 2. The SMILES string of the molecule is CC(C)(C)OC(=O)CCC(CO)NC(=O)CCNC(=O)C1=CC2OC3(Cc4ccccc4C3)OC2C(OC(=O)c2ccccc2C=COCCO)C1. The van der Waals surface area contributed by atoms with Gasteiger partial charge in [-0.15, -0.1) is 0 Å². The zero-order valence-corrected chi connectivity index (χ0v) is 29.8. The predicted octanol–water partition coefficient (Wildman–Crippen LogP) is 2.91. The summed E-state index contributed by atoms with van der Waals surface area (Å²) < 4.78 is 29.7. The zero-order valence-electron chi connectivity index (χ0n) is 29.8. The van der Waals surface area contributed by atoms with Crippen molar-refractivity contribution in [3.05, 3.63) is 88.7 Å². The second kappa shape index (κ2) is 17.3. The topological polar surface area (TPSA) is 179 Å². The Kier molecular flexibility index (Phi) is 12.9. The molecule has 3 aliphatic rings. The molecule has 1 saturated heterocycles. The molecule has 4 atom stereocenters. The molecular formula is C39H48N2O11. The minimum atomic E-state index is -0.971. The van der Waals surface area contributed by atoms with Crippen LogP contribution >= 0.6 is 0 Å². The van der Waals surface area contributed by atoms with Gasteiger partial charge in [-0.1, -0.05) is 42.5 Å². The summed E-state index contributed by atoms with van der Waals surface area (Å²) in [6, 6.07) is 14.2. The molecule has 13 nitrogen and oxygen atoms in total. The highest BCUT2D eigenvalue weighted by molar-refractivity contribution is 5.95. The van der Waals surface area contributed by atoms with E-state index in [1.807, 2.05) is 24.3 Å². The molecule has 13 heteroatoms.